The Bertz CT molecular complexity index is 1010. The van der Waals surface area contributed by atoms with Crippen LogP contribution < -0.4 is 10.6 Å². The fourth-order valence-corrected chi connectivity index (χ4v) is 3.22. The Morgan fingerprint density at radius 1 is 1.23 bits per heavy atom. The first-order valence-electron chi connectivity index (χ1n) is 8.92. The van der Waals surface area contributed by atoms with Crippen molar-refractivity contribution in [1.29, 1.82) is 0 Å². The molecule has 0 bridgehead atoms. The number of ether oxygens (including phenoxy) is 1. The van der Waals surface area contributed by atoms with Gasteiger partial charge in [0.1, 0.15) is 5.15 Å². The molecule has 0 saturated heterocycles. The summed E-state index contributed by atoms with van der Waals surface area (Å²) in [5.41, 5.74) is 1.72. The van der Waals surface area contributed by atoms with Crippen LogP contribution in [0, 0.1) is 6.92 Å². The van der Waals surface area contributed by atoms with Crippen molar-refractivity contribution >= 4 is 58.8 Å². The highest BCUT2D eigenvalue weighted by atomic mass is 35.5. The van der Waals surface area contributed by atoms with E-state index in [0.717, 1.165) is 6.08 Å². The lowest BCUT2D eigenvalue weighted by Crippen LogP contribution is -2.41. The maximum absolute atomic E-state index is 11.9. The molecule has 0 radical (unpaired) electrons. The first-order valence-corrected chi connectivity index (χ1v) is 10.1. The third-order valence-corrected chi connectivity index (χ3v) is 4.98. The Morgan fingerprint density at radius 3 is 2.55 bits per heavy atom. The summed E-state index contributed by atoms with van der Waals surface area (Å²) in [6.45, 7) is 4.96. The van der Waals surface area contributed by atoms with E-state index in [9.17, 15) is 14.4 Å². The van der Waals surface area contributed by atoms with Crippen molar-refractivity contribution in [1.82, 2.24) is 20.4 Å². The summed E-state index contributed by atoms with van der Waals surface area (Å²) >= 11 is 18.8. The molecule has 0 atom stereocenters. The number of benzene rings is 1. The fourth-order valence-electron chi connectivity index (χ4n) is 2.40. The van der Waals surface area contributed by atoms with E-state index in [1.807, 2.05) is 5.32 Å². The zero-order valence-corrected chi connectivity index (χ0v) is 18.7. The van der Waals surface area contributed by atoms with Crippen LogP contribution in [0.2, 0.25) is 15.2 Å². The summed E-state index contributed by atoms with van der Waals surface area (Å²) in [6.07, 6.45) is 3.98. The van der Waals surface area contributed by atoms with Gasteiger partial charge in [0, 0.05) is 33.8 Å². The Kier molecular flexibility index (Phi) is 9.11. The topological polar surface area (TPSA) is 102 Å². The number of esters is 1. The predicted octanol–water partition coefficient (Wildman–Crippen LogP) is 3.77. The van der Waals surface area contributed by atoms with Crippen molar-refractivity contribution in [2.45, 2.75) is 13.5 Å². The standard InChI is InChI=1S/C20H19Cl3N4O4/c1-3-9-24-20(30)25-17(28)11-31-18(29)8-7-13-12(2)26-27(19(13)23)10-14-15(21)5-4-6-16(14)22/h3-8H,1,9-11H2,2H3,(H2,24,25,28,30)/b8-7+. The van der Waals surface area contributed by atoms with E-state index in [2.05, 4.69) is 17.0 Å². The summed E-state index contributed by atoms with van der Waals surface area (Å²) in [5, 5.41) is 9.93. The van der Waals surface area contributed by atoms with Gasteiger partial charge in [0.25, 0.3) is 5.91 Å². The van der Waals surface area contributed by atoms with Gasteiger partial charge >= 0.3 is 12.0 Å². The Morgan fingerprint density at radius 2 is 1.90 bits per heavy atom. The predicted molar refractivity (Wildman–Crippen MR) is 119 cm³/mol. The molecule has 0 unspecified atom stereocenters. The van der Waals surface area contributed by atoms with E-state index in [4.69, 9.17) is 39.5 Å². The summed E-state index contributed by atoms with van der Waals surface area (Å²) in [5.74, 6) is -1.57. The zero-order chi connectivity index (χ0) is 23.0. The highest BCUT2D eigenvalue weighted by Gasteiger charge is 2.15. The summed E-state index contributed by atoms with van der Waals surface area (Å²) < 4.78 is 6.31. The molecule has 8 nitrogen and oxygen atoms in total. The number of rotatable bonds is 8. The third-order valence-electron chi connectivity index (χ3n) is 3.87. The van der Waals surface area contributed by atoms with Gasteiger partial charge in [0.15, 0.2) is 6.61 Å². The second-order valence-corrected chi connectivity index (χ2v) is 7.31. The summed E-state index contributed by atoms with van der Waals surface area (Å²) in [4.78, 5) is 34.8. The molecule has 0 fully saturated rings. The smallest absolute Gasteiger partial charge is 0.331 e. The number of carbonyl (C=O) groups excluding carboxylic acids is 3. The van der Waals surface area contributed by atoms with Crippen LogP contribution in [-0.2, 0) is 20.9 Å². The van der Waals surface area contributed by atoms with E-state index in [0.29, 0.717) is 26.9 Å². The van der Waals surface area contributed by atoms with Gasteiger partial charge in [-0.25, -0.2) is 14.3 Å². The fraction of sp³-hybridized carbons (Fsp3) is 0.200. The van der Waals surface area contributed by atoms with Gasteiger partial charge in [-0.1, -0.05) is 46.9 Å². The number of nitrogens with one attached hydrogen (secondary N) is 2. The monoisotopic (exact) mass is 484 g/mol. The first kappa shape index (κ1) is 24.5. The molecule has 0 saturated carbocycles. The second kappa shape index (κ2) is 11.5. The average Bonchev–Trinajstić information content (AvgIpc) is 2.98. The highest BCUT2D eigenvalue weighted by molar-refractivity contribution is 6.36. The molecule has 1 aromatic heterocycles. The number of aryl methyl sites for hydroxylation is 1. The second-order valence-electron chi connectivity index (χ2n) is 6.14. The van der Waals surface area contributed by atoms with E-state index in [1.54, 1.807) is 25.1 Å². The number of urea groups is 1. The lowest BCUT2D eigenvalue weighted by Gasteiger charge is -2.08. The molecule has 3 amide bonds. The van der Waals surface area contributed by atoms with Crippen molar-refractivity contribution < 1.29 is 19.1 Å². The number of carbonyl (C=O) groups is 3. The normalized spacial score (nSPS) is 10.7. The molecule has 1 aromatic carbocycles. The highest BCUT2D eigenvalue weighted by Crippen LogP contribution is 2.28. The number of halogens is 3. The quantitative estimate of drug-likeness (QED) is 0.337. The van der Waals surface area contributed by atoms with Gasteiger partial charge in [0.2, 0.25) is 0 Å². The number of imide groups is 1. The van der Waals surface area contributed by atoms with Crippen molar-refractivity contribution in [3.63, 3.8) is 0 Å². The van der Waals surface area contributed by atoms with Crippen LogP contribution in [0.1, 0.15) is 16.8 Å². The van der Waals surface area contributed by atoms with Crippen LogP contribution in [0.25, 0.3) is 6.08 Å². The van der Waals surface area contributed by atoms with Crippen molar-refractivity contribution in [2.24, 2.45) is 0 Å². The molecule has 1 heterocycles. The maximum Gasteiger partial charge on any atom is 0.331 e. The molecule has 11 heteroatoms. The van der Waals surface area contributed by atoms with Crippen LogP contribution in [0.4, 0.5) is 4.79 Å². The first-order chi connectivity index (χ1) is 14.7. The largest absolute Gasteiger partial charge is 0.452 e. The number of aromatic nitrogens is 2. The van der Waals surface area contributed by atoms with Crippen LogP contribution in [0.3, 0.4) is 0 Å². The minimum Gasteiger partial charge on any atom is -0.452 e. The molecule has 164 valence electrons. The lowest BCUT2D eigenvalue weighted by molar-refractivity contribution is -0.143. The Balaban J connectivity index is 1.98. The molecule has 2 N–H and O–H groups in total. The molecule has 2 aromatic rings. The van der Waals surface area contributed by atoms with Crippen LogP contribution in [0.15, 0.2) is 36.9 Å². The molecule has 0 spiro atoms. The van der Waals surface area contributed by atoms with Gasteiger partial charge < -0.3 is 10.1 Å². The summed E-state index contributed by atoms with van der Waals surface area (Å²) in [7, 11) is 0. The van der Waals surface area contributed by atoms with Crippen LogP contribution in [-0.4, -0.2) is 40.8 Å². The molecular formula is C20H19Cl3N4O4. The number of nitrogens with zero attached hydrogens (tertiary/aromatic N) is 2. The molecular weight excluding hydrogens is 467 g/mol. The molecule has 0 aliphatic carbocycles. The lowest BCUT2D eigenvalue weighted by atomic mass is 10.2. The van der Waals surface area contributed by atoms with Crippen LogP contribution >= 0.6 is 34.8 Å². The number of hydrogen-bond donors (Lipinski definition) is 2. The molecule has 2 rings (SSSR count). The molecule has 0 aliphatic heterocycles. The van der Waals surface area contributed by atoms with Crippen molar-refractivity contribution in [3.05, 3.63) is 68.9 Å². The van der Waals surface area contributed by atoms with Gasteiger partial charge in [-0.05, 0) is 25.1 Å². The Hall–Kier alpha value is -2.81. The average molecular weight is 486 g/mol. The Labute approximate surface area is 193 Å². The number of amides is 3. The van der Waals surface area contributed by atoms with E-state index in [-0.39, 0.29) is 18.2 Å². The van der Waals surface area contributed by atoms with Gasteiger partial charge in [-0.2, -0.15) is 5.10 Å². The minimum atomic E-state index is -0.793. The van der Waals surface area contributed by atoms with E-state index < -0.39 is 24.5 Å². The van der Waals surface area contributed by atoms with E-state index in [1.165, 1.54) is 16.8 Å². The van der Waals surface area contributed by atoms with Crippen molar-refractivity contribution in [2.75, 3.05) is 13.2 Å². The minimum absolute atomic E-state index is 0.193. The molecule has 0 aliphatic rings. The van der Waals surface area contributed by atoms with Crippen LogP contribution in [0.5, 0.6) is 0 Å². The zero-order valence-electron chi connectivity index (χ0n) is 16.5. The molecule has 31 heavy (non-hydrogen) atoms. The number of hydrogen-bond acceptors (Lipinski definition) is 5. The SMILES string of the molecule is C=CCNC(=O)NC(=O)COC(=O)/C=C/c1c(C)nn(Cc2c(Cl)cccc2Cl)c1Cl. The van der Waals surface area contributed by atoms with E-state index >= 15 is 0 Å². The summed E-state index contributed by atoms with van der Waals surface area (Å²) in [6, 6.07) is 4.44. The van der Waals surface area contributed by atoms with Crippen molar-refractivity contribution in [3.8, 4) is 0 Å². The third kappa shape index (κ3) is 7.13. The van der Waals surface area contributed by atoms with Gasteiger partial charge in [-0.3, -0.25) is 10.1 Å². The maximum atomic E-state index is 11.9. The van der Waals surface area contributed by atoms with Gasteiger partial charge in [-0.15, -0.1) is 6.58 Å². The van der Waals surface area contributed by atoms with Gasteiger partial charge in [0.05, 0.1) is 12.2 Å².